The molecule has 1 heterocycles. The fraction of sp³-hybridized carbons (Fsp3) is 0.250. The fourth-order valence-corrected chi connectivity index (χ4v) is 11.1. The van der Waals surface area contributed by atoms with Crippen molar-refractivity contribution in [2.24, 2.45) is 0 Å². The number of rotatable bonds is 4. The van der Waals surface area contributed by atoms with Gasteiger partial charge in [-0.25, -0.2) is 0 Å². The Morgan fingerprint density at radius 3 is 1.76 bits per heavy atom. The maximum absolute atomic E-state index is 6.90. The molecule has 8 aromatic rings. The Kier molecular flexibility index (Phi) is 7.22. The molecule has 0 atom stereocenters. The van der Waals surface area contributed by atoms with Crippen molar-refractivity contribution < 1.29 is 4.42 Å². The van der Waals surface area contributed by atoms with Crippen molar-refractivity contribution in [1.82, 2.24) is 0 Å². The quantitative estimate of drug-likeness (QED) is 0.178. The lowest BCUT2D eigenvalue weighted by Gasteiger charge is -2.42. The van der Waals surface area contributed by atoms with Crippen LogP contribution in [0.2, 0.25) is 0 Å². The van der Waals surface area contributed by atoms with Gasteiger partial charge in [0.15, 0.2) is 5.58 Å². The molecule has 0 spiro atoms. The smallest absolute Gasteiger partial charge is 0.159 e. The molecule has 0 amide bonds. The van der Waals surface area contributed by atoms with Gasteiger partial charge in [0.05, 0.1) is 11.4 Å². The van der Waals surface area contributed by atoms with Gasteiger partial charge >= 0.3 is 0 Å². The number of nitrogens with zero attached hydrogens (tertiary/aromatic N) is 1. The SMILES string of the molecule is CC1(C)CCC(C)(C)c2cc(-c3cc4c(cc3N(c3ccc5c(c3)C(C)(C)c3ccccc3-5)c3cccc5c3oc3ccccc35)C(C)(C)c3ccccc3-4)ccc21. The number of fused-ring (bicyclic) bond motifs is 10. The molecule has 11 rings (SSSR count). The van der Waals surface area contributed by atoms with Crippen LogP contribution >= 0.6 is 0 Å². The summed E-state index contributed by atoms with van der Waals surface area (Å²) in [6.45, 7) is 19.3. The van der Waals surface area contributed by atoms with Crippen LogP contribution in [0.4, 0.5) is 17.1 Å². The topological polar surface area (TPSA) is 16.4 Å². The molecule has 0 aliphatic heterocycles. The van der Waals surface area contributed by atoms with Gasteiger partial charge in [0.25, 0.3) is 0 Å². The van der Waals surface area contributed by atoms with Gasteiger partial charge < -0.3 is 9.32 Å². The van der Waals surface area contributed by atoms with E-state index in [1.54, 1.807) is 0 Å². The van der Waals surface area contributed by atoms with E-state index in [1.165, 1.54) is 79.6 Å². The van der Waals surface area contributed by atoms with Gasteiger partial charge in [-0.15, -0.1) is 0 Å². The minimum atomic E-state index is -0.181. The Morgan fingerprint density at radius 1 is 0.414 bits per heavy atom. The lowest BCUT2D eigenvalue weighted by atomic mass is 9.63. The van der Waals surface area contributed by atoms with E-state index in [9.17, 15) is 0 Å². The maximum Gasteiger partial charge on any atom is 0.159 e. The minimum Gasteiger partial charge on any atom is -0.454 e. The van der Waals surface area contributed by atoms with Crippen molar-refractivity contribution in [1.29, 1.82) is 0 Å². The van der Waals surface area contributed by atoms with E-state index in [-0.39, 0.29) is 21.7 Å². The van der Waals surface area contributed by atoms with E-state index >= 15 is 0 Å². The molecule has 0 radical (unpaired) electrons. The van der Waals surface area contributed by atoms with Crippen molar-refractivity contribution in [3.05, 3.63) is 173 Å². The lowest BCUT2D eigenvalue weighted by Crippen LogP contribution is -2.33. The molecule has 286 valence electrons. The summed E-state index contributed by atoms with van der Waals surface area (Å²) in [6, 6.07) is 52.7. The number of benzene rings is 7. The average Bonchev–Trinajstić information content (AvgIpc) is 3.79. The van der Waals surface area contributed by atoms with E-state index in [0.29, 0.717) is 0 Å². The van der Waals surface area contributed by atoms with Crippen molar-refractivity contribution in [3.8, 4) is 33.4 Å². The highest BCUT2D eigenvalue weighted by molar-refractivity contribution is 6.11. The third-order valence-electron chi connectivity index (χ3n) is 14.6. The molecule has 3 aliphatic rings. The van der Waals surface area contributed by atoms with Gasteiger partial charge in [0, 0.05) is 32.9 Å². The normalized spacial score (nSPS) is 17.4. The highest BCUT2D eigenvalue weighted by Gasteiger charge is 2.41. The summed E-state index contributed by atoms with van der Waals surface area (Å²) in [5, 5.41) is 2.26. The second-order valence-corrected chi connectivity index (χ2v) is 19.6. The molecule has 0 bridgehead atoms. The molecule has 0 fully saturated rings. The van der Waals surface area contributed by atoms with Crippen molar-refractivity contribution in [2.45, 2.75) is 89.9 Å². The third-order valence-corrected chi connectivity index (χ3v) is 14.6. The highest BCUT2D eigenvalue weighted by atomic mass is 16.3. The summed E-state index contributed by atoms with van der Waals surface area (Å²) in [6.07, 6.45) is 2.36. The van der Waals surface area contributed by atoms with Crippen LogP contribution < -0.4 is 4.90 Å². The summed E-state index contributed by atoms with van der Waals surface area (Å²) in [4.78, 5) is 2.52. The Labute approximate surface area is 343 Å². The van der Waals surface area contributed by atoms with Gasteiger partial charge in [-0.2, -0.15) is 0 Å². The number of hydrogen-bond acceptors (Lipinski definition) is 2. The van der Waals surface area contributed by atoms with Gasteiger partial charge in [-0.3, -0.25) is 0 Å². The molecule has 2 nitrogen and oxygen atoms in total. The molecule has 3 aliphatic carbocycles. The zero-order valence-electron chi connectivity index (χ0n) is 35.0. The van der Waals surface area contributed by atoms with Crippen LogP contribution in [0, 0.1) is 0 Å². The molecule has 7 aromatic carbocycles. The molecule has 1 aromatic heterocycles. The molecular weight excluding hydrogens is 703 g/mol. The van der Waals surface area contributed by atoms with Gasteiger partial charge in [-0.1, -0.05) is 159 Å². The summed E-state index contributed by atoms with van der Waals surface area (Å²) < 4.78 is 6.90. The van der Waals surface area contributed by atoms with Crippen LogP contribution in [0.25, 0.3) is 55.3 Å². The highest BCUT2D eigenvalue weighted by Crippen LogP contribution is 2.57. The van der Waals surface area contributed by atoms with Crippen molar-refractivity contribution in [2.75, 3.05) is 4.90 Å². The minimum absolute atomic E-state index is 0.0759. The number of anilines is 3. The van der Waals surface area contributed by atoms with E-state index in [0.717, 1.165) is 39.0 Å². The van der Waals surface area contributed by atoms with Crippen molar-refractivity contribution >= 4 is 39.0 Å². The first-order chi connectivity index (χ1) is 27.8. The molecule has 0 saturated heterocycles. The average molecular weight is 754 g/mol. The van der Waals surface area contributed by atoms with E-state index in [4.69, 9.17) is 4.42 Å². The van der Waals surface area contributed by atoms with Gasteiger partial charge in [0.1, 0.15) is 5.58 Å². The third kappa shape index (κ3) is 4.84. The first-order valence-corrected chi connectivity index (χ1v) is 21.1. The van der Waals surface area contributed by atoms with E-state index < -0.39 is 0 Å². The lowest BCUT2D eigenvalue weighted by molar-refractivity contribution is 0.332. The van der Waals surface area contributed by atoms with Crippen LogP contribution in [0.5, 0.6) is 0 Å². The predicted octanol–water partition coefficient (Wildman–Crippen LogP) is 15.7. The fourth-order valence-electron chi connectivity index (χ4n) is 11.1. The summed E-state index contributed by atoms with van der Waals surface area (Å²) >= 11 is 0. The first kappa shape index (κ1) is 35.3. The Morgan fingerprint density at radius 2 is 1.02 bits per heavy atom. The molecule has 0 N–H and O–H groups in total. The van der Waals surface area contributed by atoms with Crippen LogP contribution in [-0.4, -0.2) is 0 Å². The second kappa shape index (κ2) is 11.9. The Bertz CT molecular complexity index is 3020. The Balaban J connectivity index is 1.24. The number of para-hydroxylation sites is 2. The summed E-state index contributed by atoms with van der Waals surface area (Å²) in [7, 11) is 0. The molecular formula is C56H51NO. The number of hydrogen-bond donors (Lipinski definition) is 0. The first-order valence-electron chi connectivity index (χ1n) is 21.1. The van der Waals surface area contributed by atoms with Crippen LogP contribution in [0.15, 0.2) is 144 Å². The largest absolute Gasteiger partial charge is 0.454 e. The van der Waals surface area contributed by atoms with E-state index in [1.807, 2.05) is 0 Å². The summed E-state index contributed by atoms with van der Waals surface area (Å²) in [5.74, 6) is 0. The summed E-state index contributed by atoms with van der Waals surface area (Å²) in [5.41, 5.74) is 21.2. The van der Waals surface area contributed by atoms with E-state index in [2.05, 4.69) is 200 Å². The molecule has 0 saturated carbocycles. The second-order valence-electron chi connectivity index (χ2n) is 19.6. The van der Waals surface area contributed by atoms with Crippen molar-refractivity contribution in [3.63, 3.8) is 0 Å². The standard InChI is InChI=1S/C56H51NO/c1-53(2)28-29-54(3,4)48-30-34(24-27-45(48)53)41-32-42-37-17-10-13-21-44(37)56(7,8)47(42)33-50(41)57(49-22-15-19-40-39-18-11-14-23-51(39)58-52(40)49)35-25-26-38-36-16-9-12-20-43(36)55(5,6)46(38)31-35/h9-27,30-33H,28-29H2,1-8H3. The zero-order valence-corrected chi connectivity index (χ0v) is 35.0. The molecule has 58 heavy (non-hydrogen) atoms. The predicted molar refractivity (Wildman–Crippen MR) is 244 cm³/mol. The van der Waals surface area contributed by atoms with Crippen LogP contribution in [0.1, 0.15) is 102 Å². The maximum atomic E-state index is 6.90. The molecule has 2 heteroatoms. The molecule has 0 unspecified atom stereocenters. The van der Waals surface area contributed by atoms with Gasteiger partial charge in [0.2, 0.25) is 0 Å². The van der Waals surface area contributed by atoms with Gasteiger partial charge in [-0.05, 0) is 121 Å². The van der Waals surface area contributed by atoms with Crippen LogP contribution in [-0.2, 0) is 21.7 Å². The monoisotopic (exact) mass is 753 g/mol. The zero-order chi connectivity index (χ0) is 39.9. The number of furan rings is 1. The van der Waals surface area contributed by atoms with Crippen LogP contribution in [0.3, 0.4) is 0 Å². The Hall–Kier alpha value is -5.86.